The molecule has 0 fully saturated rings. The topological polar surface area (TPSA) is 134 Å². The minimum atomic E-state index is -0.527. The van der Waals surface area contributed by atoms with Gasteiger partial charge in [-0.15, -0.1) is 0 Å². The number of alkyl halides is 1. The number of nitrogens with zero attached hydrogens (tertiary/aromatic N) is 7. The minimum Gasteiger partial charge on any atom is -0.304 e. The fourth-order valence-electron chi connectivity index (χ4n) is 5.81. The van der Waals surface area contributed by atoms with Crippen LogP contribution in [0, 0.1) is 0 Å². The molecule has 4 aromatic heterocycles. The number of hydrogen-bond acceptors (Lipinski definition) is 6. The maximum atomic E-state index is 12.8. The van der Waals surface area contributed by atoms with Gasteiger partial charge in [0, 0.05) is 29.5 Å². The predicted molar refractivity (Wildman–Crippen MR) is 231 cm³/mol. The van der Waals surface area contributed by atoms with Crippen LogP contribution in [0.25, 0.3) is 22.3 Å². The van der Waals surface area contributed by atoms with E-state index in [1.165, 1.54) is 24.2 Å². The summed E-state index contributed by atoms with van der Waals surface area (Å²) < 4.78 is 6.71. The van der Waals surface area contributed by atoms with E-state index in [2.05, 4.69) is 43.0 Å². The third kappa shape index (κ3) is 9.52. The van der Waals surface area contributed by atoms with E-state index >= 15 is 0 Å². The SMILES string of the molecule is BrCc1ccccc1.Cn1c(=O)[nH]c2nc(Cl)n(Cc3ccc(Cl)cc3)c2c1=O.Cn1c(=O)c2c(nc(Cl)n2Cc2ccc(Cl)cc2)n(Cc2ccccc2)c1=O. The first-order valence-electron chi connectivity index (χ1n) is 17.2. The van der Waals surface area contributed by atoms with Crippen molar-refractivity contribution in [1.29, 1.82) is 0 Å². The van der Waals surface area contributed by atoms with Gasteiger partial charge in [-0.2, -0.15) is 9.97 Å². The van der Waals surface area contributed by atoms with Crippen LogP contribution in [0.15, 0.2) is 128 Å². The lowest BCUT2D eigenvalue weighted by Crippen LogP contribution is -2.39. The van der Waals surface area contributed by atoms with Crippen molar-refractivity contribution < 1.29 is 0 Å². The molecule has 0 amide bonds. The van der Waals surface area contributed by atoms with E-state index in [0.717, 1.165) is 31.2 Å². The van der Waals surface area contributed by atoms with E-state index in [4.69, 9.17) is 46.4 Å². The highest BCUT2D eigenvalue weighted by molar-refractivity contribution is 9.08. The predicted octanol–water partition coefficient (Wildman–Crippen LogP) is 7.66. The Labute approximate surface area is 353 Å². The maximum Gasteiger partial charge on any atom is 0.332 e. The molecule has 4 heterocycles. The van der Waals surface area contributed by atoms with Gasteiger partial charge in [-0.05, 0) is 69.7 Å². The summed E-state index contributed by atoms with van der Waals surface area (Å²) >= 11 is 27.6. The number of fused-ring (bicyclic) bond motifs is 2. The average Bonchev–Trinajstić information content (AvgIpc) is 3.71. The van der Waals surface area contributed by atoms with Crippen LogP contribution in [-0.4, -0.2) is 37.8 Å². The van der Waals surface area contributed by atoms with E-state index < -0.39 is 22.5 Å². The smallest absolute Gasteiger partial charge is 0.304 e. The number of aromatic amines is 1. The Morgan fingerprint density at radius 2 is 0.982 bits per heavy atom. The van der Waals surface area contributed by atoms with Crippen LogP contribution in [0.1, 0.15) is 22.3 Å². The first-order valence-corrected chi connectivity index (χ1v) is 19.8. The molecule has 0 aliphatic heterocycles. The second kappa shape index (κ2) is 18.4. The molecule has 292 valence electrons. The molecule has 17 heteroatoms. The van der Waals surface area contributed by atoms with Crippen LogP contribution >= 0.6 is 62.3 Å². The van der Waals surface area contributed by atoms with Gasteiger partial charge in [-0.1, -0.05) is 124 Å². The van der Waals surface area contributed by atoms with Crippen LogP contribution in [-0.2, 0) is 39.1 Å². The standard InChI is InChI=1S/C20H16Cl2N4O2.C13H10Cl2N4O2.C7H7Br/c1-24-18(27)16-17(26(20(24)28)12-13-5-3-2-4-6-13)23-19(22)25(16)11-14-7-9-15(21)10-8-14;1-18-11(20)9-10(17-13(18)21)16-12(15)19(9)6-7-2-4-8(14)5-3-7;8-6-7-4-2-1-3-5-7/h2-10H,11-12H2,1H3;2-5H,6H2,1H3,(H,17,21);1-5H,6H2. The van der Waals surface area contributed by atoms with Gasteiger partial charge in [0.25, 0.3) is 11.1 Å². The summed E-state index contributed by atoms with van der Waals surface area (Å²) in [7, 11) is 2.85. The Balaban J connectivity index is 0.000000166. The number of halogens is 5. The van der Waals surface area contributed by atoms with Gasteiger partial charge in [0.15, 0.2) is 22.3 Å². The number of benzene rings is 4. The molecule has 0 aliphatic rings. The second-order valence-electron chi connectivity index (χ2n) is 12.7. The summed E-state index contributed by atoms with van der Waals surface area (Å²) in [5, 5.41) is 2.49. The van der Waals surface area contributed by atoms with Crippen LogP contribution in [0.2, 0.25) is 20.6 Å². The fraction of sp³-hybridized carbons (Fsp3) is 0.150. The van der Waals surface area contributed by atoms with Crippen LogP contribution in [0.4, 0.5) is 0 Å². The van der Waals surface area contributed by atoms with Gasteiger partial charge in [0.05, 0.1) is 19.6 Å². The quantitative estimate of drug-likeness (QED) is 0.129. The van der Waals surface area contributed by atoms with Gasteiger partial charge in [0.1, 0.15) is 0 Å². The lowest BCUT2D eigenvalue weighted by Gasteiger charge is -2.10. The Morgan fingerprint density at radius 1 is 0.544 bits per heavy atom. The molecule has 12 nitrogen and oxygen atoms in total. The summed E-state index contributed by atoms with van der Waals surface area (Å²) in [5.41, 5.74) is 3.24. The van der Waals surface area contributed by atoms with Crippen LogP contribution in [0.3, 0.4) is 0 Å². The monoisotopic (exact) mass is 908 g/mol. The van der Waals surface area contributed by atoms with Gasteiger partial charge in [-0.3, -0.25) is 28.3 Å². The molecule has 57 heavy (non-hydrogen) atoms. The molecule has 1 N–H and O–H groups in total. The van der Waals surface area contributed by atoms with Crippen molar-refractivity contribution in [1.82, 2.24) is 37.8 Å². The Kier molecular flexibility index (Phi) is 13.4. The molecule has 0 aliphatic carbocycles. The van der Waals surface area contributed by atoms with Crippen LogP contribution in [0.5, 0.6) is 0 Å². The van der Waals surface area contributed by atoms with E-state index in [1.54, 1.807) is 33.4 Å². The molecular weight excluding hydrogens is 878 g/mol. The van der Waals surface area contributed by atoms with Crippen molar-refractivity contribution in [3.63, 3.8) is 0 Å². The van der Waals surface area contributed by atoms with E-state index in [-0.39, 0.29) is 32.9 Å². The molecule has 8 aromatic rings. The molecular formula is C40H33BrCl4N8O4. The summed E-state index contributed by atoms with van der Waals surface area (Å²) in [6.45, 7) is 0.984. The summed E-state index contributed by atoms with van der Waals surface area (Å²) in [5.74, 6) is 0. The highest BCUT2D eigenvalue weighted by Gasteiger charge is 2.20. The Morgan fingerprint density at radius 3 is 1.49 bits per heavy atom. The zero-order valence-corrected chi connectivity index (χ0v) is 35.0. The van der Waals surface area contributed by atoms with Crippen LogP contribution < -0.4 is 22.5 Å². The molecule has 0 unspecified atom stereocenters. The molecule has 0 radical (unpaired) electrons. The fourth-order valence-corrected chi connectivity index (χ4v) is 6.88. The number of imidazole rings is 2. The molecule has 0 saturated carbocycles. The Hall–Kier alpha value is -5.18. The number of hydrogen-bond donors (Lipinski definition) is 1. The van der Waals surface area contributed by atoms with Crippen molar-refractivity contribution in [2.75, 3.05) is 0 Å². The van der Waals surface area contributed by atoms with Gasteiger partial charge in [0.2, 0.25) is 10.6 Å². The van der Waals surface area contributed by atoms with Crippen molar-refractivity contribution >= 4 is 84.7 Å². The maximum absolute atomic E-state index is 12.8. The van der Waals surface area contributed by atoms with E-state index in [0.29, 0.717) is 29.7 Å². The normalized spacial score (nSPS) is 10.9. The first kappa shape index (κ1) is 41.5. The molecule has 0 atom stereocenters. The lowest BCUT2D eigenvalue weighted by molar-refractivity contribution is 0.665. The van der Waals surface area contributed by atoms with Crippen molar-refractivity contribution in [2.24, 2.45) is 14.1 Å². The van der Waals surface area contributed by atoms with E-state index in [9.17, 15) is 19.2 Å². The van der Waals surface area contributed by atoms with Gasteiger partial charge < -0.3 is 9.13 Å². The second-order valence-corrected chi connectivity index (χ2v) is 14.8. The zero-order chi connectivity index (χ0) is 40.8. The largest absolute Gasteiger partial charge is 0.332 e. The minimum absolute atomic E-state index is 0.138. The summed E-state index contributed by atoms with van der Waals surface area (Å²) in [6, 6.07) is 34.2. The summed E-state index contributed by atoms with van der Waals surface area (Å²) in [4.78, 5) is 60.3. The highest BCUT2D eigenvalue weighted by Crippen LogP contribution is 2.21. The van der Waals surface area contributed by atoms with Crippen molar-refractivity contribution in [3.8, 4) is 0 Å². The third-order valence-corrected chi connectivity index (χ3v) is 10.6. The van der Waals surface area contributed by atoms with Gasteiger partial charge >= 0.3 is 11.4 Å². The highest BCUT2D eigenvalue weighted by atomic mass is 79.9. The van der Waals surface area contributed by atoms with Crippen molar-refractivity contribution in [2.45, 2.75) is 25.0 Å². The van der Waals surface area contributed by atoms with Crippen molar-refractivity contribution in [3.05, 3.63) is 194 Å². The molecule has 4 aromatic carbocycles. The first-order chi connectivity index (χ1) is 27.4. The lowest BCUT2D eigenvalue weighted by atomic mass is 10.2. The number of H-pyrrole nitrogens is 1. The zero-order valence-electron chi connectivity index (χ0n) is 30.4. The summed E-state index contributed by atoms with van der Waals surface area (Å²) in [6.07, 6.45) is 0. The molecule has 0 saturated heterocycles. The number of rotatable bonds is 7. The van der Waals surface area contributed by atoms with Gasteiger partial charge in [-0.25, -0.2) is 9.59 Å². The average molecular weight is 911 g/mol. The Bertz CT molecular complexity index is 2910. The number of nitrogens with one attached hydrogen (secondary N) is 1. The molecule has 8 rings (SSSR count). The molecule has 0 spiro atoms. The third-order valence-electron chi connectivity index (χ3n) is 8.83. The molecule has 0 bridgehead atoms. The van der Waals surface area contributed by atoms with E-state index in [1.807, 2.05) is 72.8 Å². The number of aromatic nitrogens is 8.